The molecule has 0 aliphatic carbocycles. The minimum atomic E-state index is 0.604. The molecule has 0 fully saturated rings. The van der Waals surface area contributed by atoms with E-state index in [-0.39, 0.29) is 0 Å². The maximum atomic E-state index is 6.71. The monoisotopic (exact) mass is 681 g/mol. The van der Waals surface area contributed by atoms with Crippen LogP contribution in [0.25, 0.3) is 109 Å². The summed E-state index contributed by atoms with van der Waals surface area (Å²) in [5.41, 5.74) is 6.78. The minimum Gasteiger partial charge on any atom is -0.455 e. The predicted octanol–water partition coefficient (Wildman–Crippen LogP) is 13.1. The molecule has 0 saturated carbocycles. The SMILES string of the molecule is c1ccc(-c2cc3c(oc4cccc(-c5nc(-c6ccc7c(c6)sc6ccccc67)nc(-c6cccc7ccccc67)n5)c43)c3ccccc23)cc1. The van der Waals surface area contributed by atoms with Crippen LogP contribution < -0.4 is 0 Å². The molecular weight excluding hydrogens is 655 g/mol. The maximum Gasteiger partial charge on any atom is 0.164 e. The van der Waals surface area contributed by atoms with Crippen molar-refractivity contribution in [3.8, 4) is 45.3 Å². The van der Waals surface area contributed by atoms with Crippen molar-refractivity contribution in [1.29, 1.82) is 0 Å². The number of rotatable bonds is 4. The topological polar surface area (TPSA) is 51.8 Å². The Labute approximate surface area is 302 Å². The van der Waals surface area contributed by atoms with E-state index in [1.54, 1.807) is 11.3 Å². The molecule has 0 aliphatic heterocycles. The minimum absolute atomic E-state index is 0.604. The van der Waals surface area contributed by atoms with Crippen LogP contribution in [-0.4, -0.2) is 15.0 Å². The number of hydrogen-bond acceptors (Lipinski definition) is 5. The lowest BCUT2D eigenvalue weighted by Gasteiger charge is -2.11. The van der Waals surface area contributed by atoms with Gasteiger partial charge < -0.3 is 4.42 Å². The molecule has 8 aromatic carbocycles. The Morgan fingerprint density at radius 1 is 0.385 bits per heavy atom. The highest BCUT2D eigenvalue weighted by molar-refractivity contribution is 7.25. The van der Waals surface area contributed by atoms with Crippen molar-refractivity contribution < 1.29 is 4.42 Å². The third-order valence-electron chi connectivity index (χ3n) is 10.1. The van der Waals surface area contributed by atoms with E-state index >= 15 is 0 Å². The first kappa shape index (κ1) is 29.1. The van der Waals surface area contributed by atoms with Gasteiger partial charge in [0.25, 0.3) is 0 Å². The molecule has 0 radical (unpaired) electrons. The average molecular weight is 682 g/mol. The van der Waals surface area contributed by atoms with Gasteiger partial charge >= 0.3 is 0 Å². The van der Waals surface area contributed by atoms with Crippen molar-refractivity contribution in [3.63, 3.8) is 0 Å². The first-order valence-electron chi connectivity index (χ1n) is 17.4. The van der Waals surface area contributed by atoms with E-state index in [0.29, 0.717) is 17.5 Å². The lowest BCUT2D eigenvalue weighted by Crippen LogP contribution is -2.00. The van der Waals surface area contributed by atoms with E-state index in [9.17, 15) is 0 Å². The Bertz CT molecular complexity index is 3190. The third-order valence-corrected chi connectivity index (χ3v) is 11.3. The molecule has 0 N–H and O–H groups in total. The van der Waals surface area contributed by atoms with E-state index in [4.69, 9.17) is 19.4 Å². The van der Waals surface area contributed by atoms with E-state index in [1.807, 2.05) is 12.1 Å². The molecule has 11 rings (SSSR count). The zero-order valence-corrected chi connectivity index (χ0v) is 28.6. The zero-order chi connectivity index (χ0) is 34.2. The van der Waals surface area contributed by atoms with Gasteiger partial charge in [0.05, 0.1) is 0 Å². The Morgan fingerprint density at radius 3 is 1.92 bits per heavy atom. The smallest absolute Gasteiger partial charge is 0.164 e. The predicted molar refractivity (Wildman–Crippen MR) is 217 cm³/mol. The van der Waals surface area contributed by atoms with Crippen molar-refractivity contribution in [2.75, 3.05) is 0 Å². The molecule has 0 amide bonds. The fourth-order valence-electron chi connectivity index (χ4n) is 7.72. The summed E-state index contributed by atoms with van der Waals surface area (Å²) in [6.45, 7) is 0. The van der Waals surface area contributed by atoms with Gasteiger partial charge in [-0.15, -0.1) is 11.3 Å². The van der Waals surface area contributed by atoms with Crippen LogP contribution in [0.2, 0.25) is 0 Å². The van der Waals surface area contributed by atoms with Gasteiger partial charge in [-0.1, -0.05) is 140 Å². The normalized spacial score (nSPS) is 11.8. The molecule has 0 aliphatic rings. The first-order valence-corrected chi connectivity index (χ1v) is 18.2. The van der Waals surface area contributed by atoms with E-state index in [0.717, 1.165) is 71.3 Å². The van der Waals surface area contributed by atoms with Gasteiger partial charge in [-0.05, 0) is 51.6 Å². The quantitative estimate of drug-likeness (QED) is 0.185. The van der Waals surface area contributed by atoms with Crippen molar-refractivity contribution in [2.24, 2.45) is 0 Å². The highest BCUT2D eigenvalue weighted by Gasteiger charge is 2.21. The second-order valence-corrected chi connectivity index (χ2v) is 14.2. The lowest BCUT2D eigenvalue weighted by molar-refractivity contribution is 0.673. The Morgan fingerprint density at radius 2 is 1.04 bits per heavy atom. The molecule has 52 heavy (non-hydrogen) atoms. The molecule has 0 unspecified atom stereocenters. The Hall–Kier alpha value is -6.69. The molecule has 0 spiro atoms. The molecule has 4 nitrogen and oxygen atoms in total. The highest BCUT2D eigenvalue weighted by atomic mass is 32.1. The lowest BCUT2D eigenvalue weighted by atomic mass is 9.94. The number of nitrogens with zero attached hydrogens (tertiary/aromatic N) is 3. The van der Waals surface area contributed by atoms with Crippen LogP contribution in [0.3, 0.4) is 0 Å². The molecule has 11 aromatic rings. The van der Waals surface area contributed by atoms with E-state index in [2.05, 4.69) is 152 Å². The van der Waals surface area contributed by atoms with Crippen LogP contribution in [0.1, 0.15) is 0 Å². The summed E-state index contributed by atoms with van der Waals surface area (Å²) < 4.78 is 9.18. The summed E-state index contributed by atoms with van der Waals surface area (Å²) in [5.74, 6) is 1.87. The fourth-order valence-corrected chi connectivity index (χ4v) is 8.87. The van der Waals surface area contributed by atoms with Crippen LogP contribution in [0.5, 0.6) is 0 Å². The van der Waals surface area contributed by atoms with Crippen molar-refractivity contribution in [2.45, 2.75) is 0 Å². The van der Waals surface area contributed by atoms with Crippen LogP contribution in [0.4, 0.5) is 0 Å². The zero-order valence-electron chi connectivity index (χ0n) is 27.7. The summed E-state index contributed by atoms with van der Waals surface area (Å²) in [5, 5.41) is 8.98. The summed E-state index contributed by atoms with van der Waals surface area (Å²) in [6.07, 6.45) is 0. The maximum absolute atomic E-state index is 6.71. The Kier molecular flexibility index (Phi) is 6.39. The van der Waals surface area contributed by atoms with Crippen LogP contribution in [-0.2, 0) is 0 Å². The molecular formula is C47H27N3OS. The second-order valence-electron chi connectivity index (χ2n) is 13.1. The number of aromatic nitrogens is 3. The number of hydrogen-bond donors (Lipinski definition) is 0. The van der Waals surface area contributed by atoms with Gasteiger partial charge in [-0.2, -0.15) is 0 Å². The third kappa shape index (κ3) is 4.50. The second kappa shape index (κ2) is 11.4. The molecule has 0 saturated heterocycles. The first-order chi connectivity index (χ1) is 25.8. The van der Waals surface area contributed by atoms with Gasteiger partial charge in [-0.25, -0.2) is 15.0 Å². The number of furan rings is 1. The van der Waals surface area contributed by atoms with Crippen molar-refractivity contribution in [1.82, 2.24) is 15.0 Å². The summed E-state index contributed by atoms with van der Waals surface area (Å²) in [7, 11) is 0. The van der Waals surface area contributed by atoms with Crippen LogP contribution in [0, 0.1) is 0 Å². The van der Waals surface area contributed by atoms with Gasteiger partial charge in [0, 0.05) is 53.0 Å². The van der Waals surface area contributed by atoms with Crippen molar-refractivity contribution in [3.05, 3.63) is 164 Å². The molecule has 0 bridgehead atoms. The molecule has 5 heteroatoms. The molecule has 3 aromatic heterocycles. The molecule has 0 atom stereocenters. The van der Waals surface area contributed by atoms with E-state index in [1.165, 1.54) is 20.2 Å². The summed E-state index contributed by atoms with van der Waals surface area (Å²) >= 11 is 1.79. The summed E-state index contributed by atoms with van der Waals surface area (Å²) in [4.78, 5) is 15.7. The summed E-state index contributed by atoms with van der Waals surface area (Å²) in [6, 6.07) is 57.3. The number of benzene rings is 8. The van der Waals surface area contributed by atoms with Gasteiger partial charge in [0.1, 0.15) is 11.2 Å². The van der Waals surface area contributed by atoms with Gasteiger partial charge in [0.15, 0.2) is 17.5 Å². The van der Waals surface area contributed by atoms with Crippen LogP contribution in [0.15, 0.2) is 168 Å². The Balaban J connectivity index is 1.20. The van der Waals surface area contributed by atoms with E-state index < -0.39 is 0 Å². The average Bonchev–Trinajstić information content (AvgIpc) is 3.79. The number of fused-ring (bicyclic) bond motifs is 9. The fraction of sp³-hybridized carbons (Fsp3) is 0. The van der Waals surface area contributed by atoms with Crippen molar-refractivity contribution >= 4 is 75.0 Å². The van der Waals surface area contributed by atoms with Gasteiger partial charge in [0.2, 0.25) is 0 Å². The standard InChI is InChI=1S/C47H27N3OS/c1-2-12-29(13-3-1)38-27-39-43-37(21-11-22-40(43)51-44(39)35-19-7-6-17-32(35)38)47-49-45(30-24-25-34-33-18-8-9-23-41(33)52-42(34)26-30)48-46(50-47)36-20-10-15-28-14-4-5-16-31(28)36/h1-27H. The largest absolute Gasteiger partial charge is 0.455 e. The molecule has 3 heterocycles. The number of thiophene rings is 1. The molecule has 242 valence electrons. The van der Waals surface area contributed by atoms with Gasteiger partial charge in [-0.3, -0.25) is 0 Å². The highest BCUT2D eigenvalue weighted by Crippen LogP contribution is 2.43. The van der Waals surface area contributed by atoms with Crippen LogP contribution >= 0.6 is 11.3 Å².